The van der Waals surface area contributed by atoms with Crippen molar-refractivity contribution >= 4 is 23.5 Å². The molecular formula is C15H20ClNO5. The summed E-state index contributed by atoms with van der Waals surface area (Å²) in [6.45, 7) is 4.16. The maximum atomic E-state index is 11.8. The number of hydrogen-bond donors (Lipinski definition) is 1. The van der Waals surface area contributed by atoms with E-state index in [1.165, 1.54) is 19.2 Å². The third kappa shape index (κ3) is 5.44. The summed E-state index contributed by atoms with van der Waals surface area (Å²) in [7, 11) is 1.44. The van der Waals surface area contributed by atoms with Crippen molar-refractivity contribution in [1.82, 2.24) is 0 Å². The van der Waals surface area contributed by atoms with E-state index in [1.807, 2.05) is 0 Å². The van der Waals surface area contributed by atoms with Gasteiger partial charge in [-0.2, -0.15) is 0 Å². The summed E-state index contributed by atoms with van der Waals surface area (Å²) in [6.07, 6.45) is 0.863. The van der Waals surface area contributed by atoms with E-state index in [9.17, 15) is 9.59 Å². The Balaban J connectivity index is 2.89. The van der Waals surface area contributed by atoms with E-state index >= 15 is 0 Å². The largest absolute Gasteiger partial charge is 0.493 e. The highest BCUT2D eigenvalue weighted by atomic mass is 35.5. The van der Waals surface area contributed by atoms with E-state index < -0.39 is 18.5 Å². The average Bonchev–Trinajstić information content (AvgIpc) is 2.45. The molecule has 22 heavy (non-hydrogen) atoms. The first kappa shape index (κ1) is 18.1. The number of carbonyl (C=O) groups excluding carboxylic acids is 2. The molecule has 1 aromatic carbocycles. The lowest BCUT2D eigenvalue weighted by Gasteiger charge is -2.14. The predicted octanol–water partition coefficient (Wildman–Crippen LogP) is 2.42. The third-order valence-electron chi connectivity index (χ3n) is 2.75. The molecule has 1 amide bonds. The van der Waals surface area contributed by atoms with E-state index in [2.05, 4.69) is 13.8 Å². The molecule has 0 aliphatic rings. The molecule has 0 radical (unpaired) electrons. The van der Waals surface area contributed by atoms with Crippen LogP contribution in [0.1, 0.15) is 30.6 Å². The van der Waals surface area contributed by atoms with E-state index in [-0.39, 0.29) is 10.6 Å². The summed E-state index contributed by atoms with van der Waals surface area (Å²) in [6, 6.07) is 2.85. The third-order valence-corrected chi connectivity index (χ3v) is 3.03. The van der Waals surface area contributed by atoms with Crippen LogP contribution in [-0.2, 0) is 9.53 Å². The predicted molar refractivity (Wildman–Crippen MR) is 82.4 cm³/mol. The van der Waals surface area contributed by atoms with E-state index in [0.29, 0.717) is 24.0 Å². The van der Waals surface area contributed by atoms with Crippen LogP contribution in [0.15, 0.2) is 12.1 Å². The Kier molecular flexibility index (Phi) is 6.98. The second kappa shape index (κ2) is 8.48. The van der Waals surface area contributed by atoms with Gasteiger partial charge < -0.3 is 19.9 Å². The molecule has 1 aromatic rings. The second-order valence-electron chi connectivity index (χ2n) is 5.06. The monoisotopic (exact) mass is 329 g/mol. The molecule has 0 heterocycles. The van der Waals surface area contributed by atoms with Crippen molar-refractivity contribution in [3.8, 4) is 11.5 Å². The Morgan fingerprint density at radius 2 is 2.00 bits per heavy atom. The topological polar surface area (TPSA) is 87.9 Å². The van der Waals surface area contributed by atoms with Crippen molar-refractivity contribution in [3.05, 3.63) is 22.7 Å². The fourth-order valence-electron chi connectivity index (χ4n) is 1.59. The van der Waals surface area contributed by atoms with Crippen LogP contribution in [0.5, 0.6) is 11.5 Å². The molecule has 0 aliphatic carbocycles. The highest BCUT2D eigenvalue weighted by Gasteiger charge is 2.17. The van der Waals surface area contributed by atoms with Crippen LogP contribution in [0.4, 0.5) is 0 Å². The van der Waals surface area contributed by atoms with Crippen LogP contribution >= 0.6 is 11.6 Å². The molecule has 1 rings (SSSR count). The summed E-state index contributed by atoms with van der Waals surface area (Å²) in [5, 5.41) is 0.231. The summed E-state index contributed by atoms with van der Waals surface area (Å²) < 4.78 is 15.5. The van der Waals surface area contributed by atoms with Gasteiger partial charge in [-0.15, -0.1) is 0 Å². The van der Waals surface area contributed by atoms with Gasteiger partial charge in [0.2, 0.25) is 0 Å². The van der Waals surface area contributed by atoms with E-state index in [1.54, 1.807) is 0 Å². The molecule has 7 heteroatoms. The zero-order valence-corrected chi connectivity index (χ0v) is 13.6. The first-order valence-electron chi connectivity index (χ1n) is 6.81. The van der Waals surface area contributed by atoms with Gasteiger partial charge in [-0.3, -0.25) is 4.79 Å². The molecule has 0 atom stereocenters. The summed E-state index contributed by atoms with van der Waals surface area (Å²) in [5.41, 5.74) is 5.07. The van der Waals surface area contributed by atoms with Gasteiger partial charge in [-0.25, -0.2) is 4.79 Å². The maximum Gasteiger partial charge on any atom is 0.338 e. The molecular weight excluding hydrogens is 310 g/mol. The van der Waals surface area contributed by atoms with Crippen molar-refractivity contribution in [2.75, 3.05) is 20.3 Å². The molecule has 6 nitrogen and oxygen atoms in total. The number of ether oxygens (including phenoxy) is 3. The van der Waals surface area contributed by atoms with Crippen molar-refractivity contribution in [1.29, 1.82) is 0 Å². The average molecular weight is 330 g/mol. The van der Waals surface area contributed by atoms with Gasteiger partial charge in [0.15, 0.2) is 18.1 Å². The number of carbonyl (C=O) groups is 2. The maximum absolute atomic E-state index is 11.8. The Morgan fingerprint density at radius 1 is 1.32 bits per heavy atom. The van der Waals surface area contributed by atoms with Gasteiger partial charge in [0.1, 0.15) is 0 Å². The first-order chi connectivity index (χ1) is 10.3. The molecule has 0 unspecified atom stereocenters. The number of primary amides is 1. The lowest BCUT2D eigenvalue weighted by atomic mass is 10.1. The fourth-order valence-corrected chi connectivity index (χ4v) is 1.86. The van der Waals surface area contributed by atoms with Gasteiger partial charge in [-0.1, -0.05) is 25.4 Å². The van der Waals surface area contributed by atoms with Crippen LogP contribution in [0.3, 0.4) is 0 Å². The molecule has 0 saturated carbocycles. The Hall–Kier alpha value is -1.95. The molecule has 0 bridgehead atoms. The molecule has 0 fully saturated rings. The summed E-state index contributed by atoms with van der Waals surface area (Å²) >= 11 is 6.13. The number of amides is 1. The number of nitrogens with two attached hydrogens (primary N) is 1. The molecule has 2 N–H and O–H groups in total. The van der Waals surface area contributed by atoms with Crippen LogP contribution < -0.4 is 15.2 Å². The van der Waals surface area contributed by atoms with Crippen molar-refractivity contribution in [3.63, 3.8) is 0 Å². The standard InChI is InChI=1S/C15H20ClNO5/c1-9(2)4-5-21-14-11(16)6-10(7-12(14)20-3)15(19)22-8-13(17)18/h6-7,9H,4-5,8H2,1-3H3,(H2,17,18). The summed E-state index contributed by atoms with van der Waals surface area (Å²) in [4.78, 5) is 22.4. The highest BCUT2D eigenvalue weighted by Crippen LogP contribution is 2.36. The Morgan fingerprint density at radius 3 is 2.55 bits per heavy atom. The minimum absolute atomic E-state index is 0.152. The van der Waals surface area contributed by atoms with E-state index in [0.717, 1.165) is 6.42 Å². The quantitative estimate of drug-likeness (QED) is 0.740. The number of benzene rings is 1. The van der Waals surface area contributed by atoms with Gasteiger partial charge in [-0.05, 0) is 24.5 Å². The zero-order valence-electron chi connectivity index (χ0n) is 12.8. The van der Waals surface area contributed by atoms with E-state index in [4.69, 9.17) is 31.5 Å². The van der Waals surface area contributed by atoms with Crippen molar-refractivity contribution < 1.29 is 23.8 Å². The molecule has 0 aliphatic heterocycles. The lowest BCUT2D eigenvalue weighted by molar-refractivity contribution is -0.121. The van der Waals surface area contributed by atoms with Crippen molar-refractivity contribution in [2.45, 2.75) is 20.3 Å². The SMILES string of the molecule is COc1cc(C(=O)OCC(N)=O)cc(Cl)c1OCCC(C)C. The van der Waals surface area contributed by atoms with Gasteiger partial charge in [0.05, 0.1) is 24.3 Å². The van der Waals surface area contributed by atoms with Crippen LogP contribution in [0.2, 0.25) is 5.02 Å². The van der Waals surface area contributed by atoms with Gasteiger partial charge >= 0.3 is 5.97 Å². The second-order valence-corrected chi connectivity index (χ2v) is 5.47. The normalized spacial score (nSPS) is 10.4. The van der Waals surface area contributed by atoms with Gasteiger partial charge in [0.25, 0.3) is 5.91 Å². The highest BCUT2D eigenvalue weighted by molar-refractivity contribution is 6.32. The van der Waals surface area contributed by atoms with Crippen LogP contribution in [-0.4, -0.2) is 32.2 Å². The lowest BCUT2D eigenvalue weighted by Crippen LogP contribution is -2.21. The van der Waals surface area contributed by atoms with Crippen LogP contribution in [0, 0.1) is 5.92 Å². The number of esters is 1. The molecule has 0 aromatic heterocycles. The van der Waals surface area contributed by atoms with Crippen LogP contribution in [0.25, 0.3) is 0 Å². The fraction of sp³-hybridized carbons (Fsp3) is 0.467. The molecule has 0 spiro atoms. The van der Waals surface area contributed by atoms with Gasteiger partial charge in [0, 0.05) is 0 Å². The summed E-state index contributed by atoms with van der Waals surface area (Å²) in [5.74, 6) is -0.265. The minimum Gasteiger partial charge on any atom is -0.493 e. The molecule has 122 valence electrons. The zero-order chi connectivity index (χ0) is 16.7. The Labute approximate surface area is 134 Å². The smallest absolute Gasteiger partial charge is 0.338 e. The number of rotatable bonds is 8. The van der Waals surface area contributed by atoms with Crippen molar-refractivity contribution in [2.24, 2.45) is 11.7 Å². The number of hydrogen-bond acceptors (Lipinski definition) is 5. The first-order valence-corrected chi connectivity index (χ1v) is 7.18. The Bertz CT molecular complexity index is 545. The molecule has 0 saturated heterocycles. The number of methoxy groups -OCH3 is 1. The minimum atomic E-state index is -0.736. The number of halogens is 1.